The van der Waals surface area contributed by atoms with Crippen LogP contribution in [0.2, 0.25) is 0 Å². The minimum Gasteiger partial charge on any atom is -0.481 e. The molecule has 4 atom stereocenters. The number of H-pyrrole nitrogens is 1. The number of aromatic amines is 1. The molecule has 1 aromatic carbocycles. The Hall–Kier alpha value is -4.08. The Balaban J connectivity index is 1.41. The van der Waals surface area contributed by atoms with Crippen molar-refractivity contribution in [1.82, 2.24) is 34.7 Å². The number of carboxylic acids is 1. The van der Waals surface area contributed by atoms with Gasteiger partial charge >= 0.3 is 11.7 Å². The molecular formula is C30H37N7O3. The minimum absolute atomic E-state index is 0.0727. The van der Waals surface area contributed by atoms with Crippen molar-refractivity contribution in [3.8, 4) is 22.5 Å². The topological polar surface area (TPSA) is 132 Å². The Bertz CT molecular complexity index is 1470. The van der Waals surface area contributed by atoms with Crippen molar-refractivity contribution in [2.24, 2.45) is 23.7 Å². The third-order valence-electron chi connectivity index (χ3n) is 8.43. The summed E-state index contributed by atoms with van der Waals surface area (Å²) < 4.78 is 3.46. The van der Waals surface area contributed by atoms with Gasteiger partial charge in [-0.15, -0.1) is 10.2 Å². The summed E-state index contributed by atoms with van der Waals surface area (Å²) in [6, 6.07) is 11.6. The van der Waals surface area contributed by atoms with E-state index in [2.05, 4.69) is 46.4 Å². The Kier molecular flexibility index (Phi) is 8.23. The normalized spacial score (nSPS) is 20.1. The number of tetrazole rings is 1. The monoisotopic (exact) mass is 543 g/mol. The minimum atomic E-state index is -0.742. The molecule has 3 heterocycles. The lowest BCUT2D eigenvalue weighted by Crippen LogP contribution is -2.43. The van der Waals surface area contributed by atoms with E-state index in [0.29, 0.717) is 24.7 Å². The highest BCUT2D eigenvalue weighted by Gasteiger charge is 2.43. The second-order valence-electron chi connectivity index (χ2n) is 11.2. The van der Waals surface area contributed by atoms with Crippen molar-refractivity contribution in [2.75, 3.05) is 0 Å². The van der Waals surface area contributed by atoms with E-state index in [1.165, 1.54) is 0 Å². The number of nitrogens with zero attached hydrogens (tertiary/aromatic N) is 6. The van der Waals surface area contributed by atoms with Crippen LogP contribution in [-0.2, 0) is 11.3 Å². The van der Waals surface area contributed by atoms with Crippen LogP contribution in [0.1, 0.15) is 64.6 Å². The summed E-state index contributed by atoms with van der Waals surface area (Å²) in [7, 11) is 0. The Morgan fingerprint density at radius 1 is 1.12 bits per heavy atom. The van der Waals surface area contributed by atoms with E-state index in [1.54, 1.807) is 21.5 Å². The van der Waals surface area contributed by atoms with Crippen molar-refractivity contribution < 1.29 is 9.90 Å². The molecule has 1 aliphatic rings. The fourth-order valence-electron chi connectivity index (χ4n) is 6.55. The molecule has 0 amide bonds. The van der Waals surface area contributed by atoms with Crippen molar-refractivity contribution in [2.45, 2.75) is 65.5 Å². The van der Waals surface area contributed by atoms with Gasteiger partial charge in [0, 0.05) is 35.8 Å². The SMILES string of the molecule is CCCC(C1C(C(=O)O)CCCC1C(C)C)n1ccn(Cc2ccc(-c3ccccc3-c3nn[nH]n3)cn2)c1=O. The fraction of sp³-hybridized carbons (Fsp3) is 0.467. The van der Waals surface area contributed by atoms with E-state index in [0.717, 1.165) is 48.1 Å². The number of carbonyl (C=O) groups is 1. The largest absolute Gasteiger partial charge is 0.481 e. The fourth-order valence-corrected chi connectivity index (χ4v) is 6.55. The molecule has 0 aliphatic heterocycles. The Morgan fingerprint density at radius 3 is 2.58 bits per heavy atom. The predicted octanol–water partition coefficient (Wildman–Crippen LogP) is 5.05. The van der Waals surface area contributed by atoms with Crippen LogP contribution in [0.3, 0.4) is 0 Å². The molecule has 4 unspecified atom stereocenters. The van der Waals surface area contributed by atoms with Gasteiger partial charge in [-0.05, 0) is 53.9 Å². The van der Waals surface area contributed by atoms with Gasteiger partial charge in [-0.25, -0.2) is 4.79 Å². The number of pyridine rings is 1. The summed E-state index contributed by atoms with van der Waals surface area (Å²) in [5.41, 5.74) is 3.34. The summed E-state index contributed by atoms with van der Waals surface area (Å²) in [6.07, 6.45) is 9.69. The zero-order valence-corrected chi connectivity index (χ0v) is 23.3. The number of rotatable bonds is 10. The van der Waals surface area contributed by atoms with Gasteiger partial charge in [0.05, 0.1) is 18.2 Å². The molecule has 10 heteroatoms. The highest BCUT2D eigenvalue weighted by atomic mass is 16.4. The number of hydrogen-bond donors (Lipinski definition) is 2. The highest BCUT2D eigenvalue weighted by molar-refractivity contribution is 5.79. The molecule has 2 N–H and O–H groups in total. The van der Waals surface area contributed by atoms with Crippen LogP contribution in [0, 0.1) is 23.7 Å². The van der Waals surface area contributed by atoms with Gasteiger partial charge in [0.25, 0.3) is 0 Å². The molecule has 3 aromatic heterocycles. The van der Waals surface area contributed by atoms with Crippen LogP contribution >= 0.6 is 0 Å². The average Bonchev–Trinajstić information content (AvgIpc) is 3.62. The summed E-state index contributed by atoms with van der Waals surface area (Å²) in [5, 5.41) is 24.5. The van der Waals surface area contributed by atoms with E-state index in [9.17, 15) is 14.7 Å². The number of carboxylic acid groups (broad SMARTS) is 1. The second-order valence-corrected chi connectivity index (χ2v) is 11.2. The van der Waals surface area contributed by atoms with Gasteiger partial charge in [-0.3, -0.25) is 18.9 Å². The molecule has 0 spiro atoms. The van der Waals surface area contributed by atoms with Crippen LogP contribution in [0.15, 0.2) is 59.8 Å². The van der Waals surface area contributed by atoms with Crippen LogP contribution in [0.4, 0.5) is 0 Å². The van der Waals surface area contributed by atoms with Gasteiger partial charge in [0.1, 0.15) is 0 Å². The van der Waals surface area contributed by atoms with Crippen molar-refractivity contribution >= 4 is 5.97 Å². The van der Waals surface area contributed by atoms with E-state index in [-0.39, 0.29) is 23.6 Å². The van der Waals surface area contributed by atoms with Crippen LogP contribution < -0.4 is 5.69 Å². The molecule has 210 valence electrons. The zero-order valence-electron chi connectivity index (χ0n) is 23.3. The second kappa shape index (κ2) is 12.0. The lowest BCUT2D eigenvalue weighted by molar-refractivity contribution is -0.148. The number of aliphatic carboxylic acids is 1. The number of hydrogen-bond acceptors (Lipinski definition) is 6. The molecule has 4 aromatic rings. The van der Waals surface area contributed by atoms with Crippen molar-refractivity contribution in [3.63, 3.8) is 0 Å². The van der Waals surface area contributed by atoms with Crippen molar-refractivity contribution in [1.29, 1.82) is 0 Å². The Morgan fingerprint density at radius 2 is 1.93 bits per heavy atom. The molecule has 0 saturated heterocycles. The third-order valence-corrected chi connectivity index (χ3v) is 8.43. The number of aromatic nitrogens is 7. The molecule has 1 fully saturated rings. The maximum atomic E-state index is 13.7. The van der Waals surface area contributed by atoms with Gasteiger partial charge in [0.15, 0.2) is 0 Å². The van der Waals surface area contributed by atoms with Crippen LogP contribution in [-0.4, -0.2) is 45.8 Å². The molecule has 1 aliphatic carbocycles. The van der Waals surface area contributed by atoms with Gasteiger partial charge < -0.3 is 5.11 Å². The quantitative estimate of drug-likeness (QED) is 0.286. The molecule has 1 saturated carbocycles. The molecule has 0 bridgehead atoms. The summed E-state index contributed by atoms with van der Waals surface area (Å²) in [5.74, 6) is -0.108. The smallest absolute Gasteiger partial charge is 0.328 e. The lowest BCUT2D eigenvalue weighted by Gasteiger charge is -2.43. The average molecular weight is 544 g/mol. The first-order valence-corrected chi connectivity index (χ1v) is 14.2. The van der Waals surface area contributed by atoms with Crippen LogP contribution in [0.25, 0.3) is 22.5 Å². The molecule has 10 nitrogen and oxygen atoms in total. The highest BCUT2D eigenvalue weighted by Crippen LogP contribution is 2.46. The summed E-state index contributed by atoms with van der Waals surface area (Å²) >= 11 is 0. The molecule has 40 heavy (non-hydrogen) atoms. The standard InChI is InChI=1S/C30H37N7O3/c1-4-8-26(27-22(19(2)3)11-7-12-25(27)29(38)39)37-16-15-36(30(37)40)18-21-14-13-20(17-31-21)23-9-5-6-10-24(23)28-32-34-35-33-28/h5-6,9-10,13-17,19,22,25-27H,4,7-8,11-12,18H2,1-3H3,(H,38,39)(H,32,33,34,35). The first-order valence-electron chi connectivity index (χ1n) is 14.2. The van der Waals surface area contributed by atoms with E-state index in [1.807, 2.05) is 42.6 Å². The van der Waals surface area contributed by atoms with Crippen LogP contribution in [0.5, 0.6) is 0 Å². The Labute approximate surface area is 233 Å². The predicted molar refractivity (Wildman–Crippen MR) is 151 cm³/mol. The van der Waals surface area contributed by atoms with E-state index in [4.69, 9.17) is 0 Å². The lowest BCUT2D eigenvalue weighted by atomic mass is 9.64. The van der Waals surface area contributed by atoms with E-state index < -0.39 is 11.9 Å². The number of nitrogens with one attached hydrogen (secondary N) is 1. The number of imidazole rings is 1. The maximum Gasteiger partial charge on any atom is 0.328 e. The zero-order chi connectivity index (χ0) is 28.2. The summed E-state index contributed by atoms with van der Waals surface area (Å²) in [4.78, 5) is 30.6. The van der Waals surface area contributed by atoms with Gasteiger partial charge in [0.2, 0.25) is 5.82 Å². The molecule has 0 radical (unpaired) electrons. The number of benzene rings is 1. The van der Waals surface area contributed by atoms with Gasteiger partial charge in [-0.1, -0.05) is 63.9 Å². The van der Waals surface area contributed by atoms with E-state index >= 15 is 0 Å². The maximum absolute atomic E-state index is 13.7. The molecular weight excluding hydrogens is 506 g/mol. The first kappa shape index (κ1) is 27.5. The summed E-state index contributed by atoms with van der Waals surface area (Å²) in [6.45, 7) is 6.78. The third kappa shape index (κ3) is 5.48. The van der Waals surface area contributed by atoms with Crippen molar-refractivity contribution in [3.05, 3.63) is 71.2 Å². The first-order chi connectivity index (χ1) is 19.4. The molecule has 5 rings (SSSR count). The van der Waals surface area contributed by atoms with Gasteiger partial charge in [-0.2, -0.15) is 5.21 Å².